The molecule has 0 saturated carbocycles. The molecule has 1 amide bonds. The zero-order valence-electron chi connectivity index (χ0n) is 22.0. The maximum absolute atomic E-state index is 12.5. The maximum atomic E-state index is 12.5. The third-order valence-electron chi connectivity index (χ3n) is 6.01. The highest BCUT2D eigenvalue weighted by molar-refractivity contribution is 7.14. The summed E-state index contributed by atoms with van der Waals surface area (Å²) in [6, 6.07) is 21.3. The standard InChI is InChI=1S/C30H32ClN3O3S/c1-20(2)16-32-29(35)23-10-8-21(9-11-23)17-34(18-24-6-5-7-27(36-3)28(24)37-4)30-33-26(19-38-30)22-12-14-25(31)15-13-22/h5-15,19-20H,16-18H2,1-4H3,(H,32,35). The van der Waals surface area contributed by atoms with Crippen molar-refractivity contribution in [3.05, 3.63) is 93.8 Å². The Morgan fingerprint density at radius 1 is 1.00 bits per heavy atom. The first-order valence-electron chi connectivity index (χ1n) is 12.4. The van der Waals surface area contributed by atoms with Gasteiger partial charge in [0.05, 0.1) is 19.9 Å². The number of benzene rings is 3. The van der Waals surface area contributed by atoms with E-state index in [2.05, 4.69) is 29.4 Å². The van der Waals surface area contributed by atoms with Gasteiger partial charge in [0.15, 0.2) is 16.6 Å². The van der Waals surface area contributed by atoms with Gasteiger partial charge in [-0.3, -0.25) is 4.79 Å². The molecular formula is C30H32ClN3O3S. The highest BCUT2D eigenvalue weighted by atomic mass is 35.5. The summed E-state index contributed by atoms with van der Waals surface area (Å²) >= 11 is 7.66. The fourth-order valence-corrected chi connectivity index (χ4v) is 4.98. The summed E-state index contributed by atoms with van der Waals surface area (Å²) in [5, 5.41) is 6.59. The molecule has 0 spiro atoms. The quantitative estimate of drug-likeness (QED) is 0.217. The summed E-state index contributed by atoms with van der Waals surface area (Å²) in [5.74, 6) is 1.72. The van der Waals surface area contributed by atoms with Gasteiger partial charge in [0.2, 0.25) is 0 Å². The topological polar surface area (TPSA) is 63.7 Å². The number of carbonyl (C=O) groups is 1. The second-order valence-corrected chi connectivity index (χ2v) is 10.6. The van der Waals surface area contributed by atoms with Crippen molar-refractivity contribution in [2.24, 2.45) is 5.92 Å². The number of nitrogens with one attached hydrogen (secondary N) is 1. The van der Waals surface area contributed by atoms with E-state index in [1.165, 1.54) is 0 Å². The molecule has 198 valence electrons. The summed E-state index contributed by atoms with van der Waals surface area (Å²) in [6.45, 7) is 5.96. The van der Waals surface area contributed by atoms with Gasteiger partial charge in [0, 0.05) is 46.7 Å². The fourth-order valence-electron chi connectivity index (χ4n) is 4.02. The fraction of sp³-hybridized carbons (Fsp3) is 0.267. The Hall–Kier alpha value is -3.55. The van der Waals surface area contributed by atoms with Crippen molar-refractivity contribution in [2.45, 2.75) is 26.9 Å². The molecule has 0 unspecified atom stereocenters. The molecule has 6 nitrogen and oxygen atoms in total. The van der Waals surface area contributed by atoms with Crippen LogP contribution in [0, 0.1) is 5.92 Å². The Morgan fingerprint density at radius 2 is 1.74 bits per heavy atom. The van der Waals surface area contributed by atoms with Gasteiger partial charge in [-0.15, -0.1) is 11.3 Å². The van der Waals surface area contributed by atoms with Crippen LogP contribution in [0.1, 0.15) is 35.3 Å². The van der Waals surface area contributed by atoms with Crippen LogP contribution in [0.15, 0.2) is 72.1 Å². The molecule has 0 bridgehead atoms. The maximum Gasteiger partial charge on any atom is 0.251 e. The summed E-state index contributed by atoms with van der Waals surface area (Å²) in [4.78, 5) is 19.6. The average molecular weight is 550 g/mol. The van der Waals surface area contributed by atoms with Gasteiger partial charge in [-0.1, -0.05) is 61.8 Å². The molecule has 0 aliphatic rings. The Balaban J connectivity index is 1.62. The Bertz CT molecular complexity index is 1350. The van der Waals surface area contributed by atoms with Crippen LogP contribution in [0.25, 0.3) is 11.3 Å². The van der Waals surface area contributed by atoms with E-state index >= 15 is 0 Å². The Morgan fingerprint density at radius 3 is 2.39 bits per heavy atom. The zero-order valence-corrected chi connectivity index (χ0v) is 23.6. The molecule has 0 saturated heterocycles. The number of anilines is 1. The average Bonchev–Trinajstić information content (AvgIpc) is 3.42. The largest absolute Gasteiger partial charge is 0.493 e. The molecule has 0 radical (unpaired) electrons. The van der Waals surface area contributed by atoms with Gasteiger partial charge in [0.25, 0.3) is 5.91 Å². The van der Waals surface area contributed by atoms with Crippen molar-refractivity contribution in [1.29, 1.82) is 0 Å². The summed E-state index contributed by atoms with van der Waals surface area (Å²) < 4.78 is 11.2. The molecule has 8 heteroatoms. The second kappa shape index (κ2) is 12.8. The van der Waals surface area contributed by atoms with Crippen LogP contribution < -0.4 is 19.7 Å². The number of para-hydroxylation sites is 1. The van der Waals surface area contributed by atoms with Gasteiger partial charge in [-0.05, 0) is 41.8 Å². The summed E-state index contributed by atoms with van der Waals surface area (Å²) in [7, 11) is 3.29. The van der Waals surface area contributed by atoms with Crippen LogP contribution in [0.4, 0.5) is 5.13 Å². The number of carbonyl (C=O) groups excluding carboxylic acids is 1. The van der Waals surface area contributed by atoms with E-state index in [0.29, 0.717) is 47.6 Å². The SMILES string of the molecule is COc1cccc(CN(Cc2ccc(C(=O)NCC(C)C)cc2)c2nc(-c3ccc(Cl)cc3)cs2)c1OC. The molecule has 0 atom stereocenters. The molecule has 0 fully saturated rings. The lowest BCUT2D eigenvalue weighted by Crippen LogP contribution is -2.27. The van der Waals surface area contributed by atoms with Crippen molar-refractivity contribution >= 4 is 34.0 Å². The van der Waals surface area contributed by atoms with Crippen LogP contribution in [0.2, 0.25) is 5.02 Å². The van der Waals surface area contributed by atoms with E-state index in [1.807, 2.05) is 66.7 Å². The van der Waals surface area contributed by atoms with Crippen molar-refractivity contribution in [1.82, 2.24) is 10.3 Å². The summed E-state index contributed by atoms with van der Waals surface area (Å²) in [5.41, 5.74) is 4.60. The number of aromatic nitrogens is 1. The Kier molecular flexibility index (Phi) is 9.26. The number of thiazole rings is 1. The van der Waals surface area contributed by atoms with E-state index in [1.54, 1.807) is 25.6 Å². The third kappa shape index (κ3) is 6.85. The molecule has 1 aromatic heterocycles. The van der Waals surface area contributed by atoms with Crippen molar-refractivity contribution in [2.75, 3.05) is 25.7 Å². The van der Waals surface area contributed by atoms with E-state index in [-0.39, 0.29) is 5.91 Å². The monoisotopic (exact) mass is 549 g/mol. The first-order chi connectivity index (χ1) is 18.4. The van der Waals surface area contributed by atoms with Gasteiger partial charge in [-0.25, -0.2) is 4.98 Å². The van der Waals surface area contributed by atoms with Gasteiger partial charge >= 0.3 is 0 Å². The normalized spacial score (nSPS) is 10.9. The van der Waals surface area contributed by atoms with Crippen molar-refractivity contribution in [3.8, 4) is 22.8 Å². The minimum atomic E-state index is -0.0595. The van der Waals surface area contributed by atoms with Crippen LogP contribution in [0.3, 0.4) is 0 Å². The number of rotatable bonds is 11. The van der Waals surface area contributed by atoms with Crippen LogP contribution >= 0.6 is 22.9 Å². The van der Waals surface area contributed by atoms with E-state index in [9.17, 15) is 4.79 Å². The zero-order chi connectivity index (χ0) is 27.1. The number of hydrogen-bond acceptors (Lipinski definition) is 6. The molecule has 3 aromatic carbocycles. The van der Waals surface area contributed by atoms with Gasteiger partial charge < -0.3 is 19.7 Å². The summed E-state index contributed by atoms with van der Waals surface area (Å²) in [6.07, 6.45) is 0. The number of halogens is 1. The van der Waals surface area contributed by atoms with Crippen molar-refractivity contribution < 1.29 is 14.3 Å². The number of amides is 1. The lowest BCUT2D eigenvalue weighted by Gasteiger charge is -2.24. The molecule has 4 aromatic rings. The molecule has 4 rings (SSSR count). The number of ether oxygens (including phenoxy) is 2. The van der Waals surface area contributed by atoms with E-state index < -0.39 is 0 Å². The van der Waals surface area contributed by atoms with Crippen LogP contribution in [-0.2, 0) is 13.1 Å². The molecular weight excluding hydrogens is 518 g/mol. The number of methoxy groups -OCH3 is 2. The number of hydrogen-bond donors (Lipinski definition) is 1. The molecule has 1 N–H and O–H groups in total. The minimum absolute atomic E-state index is 0.0595. The van der Waals surface area contributed by atoms with E-state index in [0.717, 1.165) is 27.5 Å². The van der Waals surface area contributed by atoms with Gasteiger partial charge in [0.1, 0.15) is 0 Å². The molecule has 0 aliphatic heterocycles. The minimum Gasteiger partial charge on any atom is -0.493 e. The lowest BCUT2D eigenvalue weighted by molar-refractivity contribution is 0.0949. The molecule has 0 aliphatic carbocycles. The van der Waals surface area contributed by atoms with E-state index in [4.69, 9.17) is 26.1 Å². The highest BCUT2D eigenvalue weighted by Gasteiger charge is 2.18. The van der Waals surface area contributed by atoms with Crippen molar-refractivity contribution in [3.63, 3.8) is 0 Å². The van der Waals surface area contributed by atoms with Crippen LogP contribution in [0.5, 0.6) is 11.5 Å². The van der Waals surface area contributed by atoms with Gasteiger partial charge in [-0.2, -0.15) is 0 Å². The molecule has 1 heterocycles. The molecule has 38 heavy (non-hydrogen) atoms. The highest BCUT2D eigenvalue weighted by Crippen LogP contribution is 2.35. The predicted molar refractivity (Wildman–Crippen MR) is 156 cm³/mol. The van der Waals surface area contributed by atoms with Crippen LogP contribution in [-0.4, -0.2) is 31.7 Å². The lowest BCUT2D eigenvalue weighted by atomic mass is 10.1. The third-order valence-corrected chi connectivity index (χ3v) is 7.16. The Labute approximate surface area is 233 Å². The second-order valence-electron chi connectivity index (χ2n) is 9.33. The smallest absolute Gasteiger partial charge is 0.251 e. The number of nitrogens with zero attached hydrogens (tertiary/aromatic N) is 2. The first-order valence-corrected chi connectivity index (χ1v) is 13.7. The first kappa shape index (κ1) is 27.5. The predicted octanol–water partition coefficient (Wildman–Crippen LogP) is 7.07.